The van der Waals surface area contributed by atoms with E-state index in [1.165, 1.54) is 4.68 Å². The zero-order valence-electron chi connectivity index (χ0n) is 12.0. The van der Waals surface area contributed by atoms with Crippen LogP contribution in [-0.2, 0) is 16.1 Å². The van der Waals surface area contributed by atoms with Crippen LogP contribution in [0, 0.1) is 24.0 Å². The Morgan fingerprint density at radius 2 is 2.29 bits per heavy atom. The Kier molecular flexibility index (Phi) is 4.53. The van der Waals surface area contributed by atoms with Gasteiger partial charge >= 0.3 is 5.69 Å². The van der Waals surface area contributed by atoms with Crippen molar-refractivity contribution in [3.05, 3.63) is 21.5 Å². The van der Waals surface area contributed by atoms with Gasteiger partial charge in [-0.25, -0.2) is 0 Å². The minimum absolute atomic E-state index is 0.0569. The van der Waals surface area contributed by atoms with Gasteiger partial charge in [0.15, 0.2) is 0 Å². The summed E-state index contributed by atoms with van der Waals surface area (Å²) in [6.45, 7) is 4.04. The molecule has 1 atom stereocenters. The van der Waals surface area contributed by atoms with Crippen LogP contribution in [0.4, 0.5) is 5.69 Å². The monoisotopic (exact) mass is 298 g/mol. The molecule has 0 aliphatic carbocycles. The second-order valence-electron chi connectivity index (χ2n) is 4.95. The van der Waals surface area contributed by atoms with Gasteiger partial charge in [0.1, 0.15) is 17.9 Å². The first-order chi connectivity index (χ1) is 9.93. The second kappa shape index (κ2) is 6.19. The Bertz CT molecular complexity index is 556. The topological polar surface area (TPSA) is 111 Å². The molecule has 0 radical (unpaired) electrons. The number of aryl methyl sites for hydroxylation is 1. The summed E-state index contributed by atoms with van der Waals surface area (Å²) < 4.78 is 6.63. The number of ether oxygens (including phenoxy) is 1. The maximum Gasteiger partial charge on any atom is 0.312 e. The number of hydrogen-bond acceptors (Lipinski definition) is 6. The van der Waals surface area contributed by atoms with Crippen molar-refractivity contribution in [3.8, 4) is 0 Å². The lowest BCUT2D eigenvalue weighted by molar-refractivity contribution is -0.386. The number of aromatic nitrogens is 2. The standard InChI is InChI=1S/C12H18N4O5/c1-8-12(16(19)20)9(2)15(13-8)6-11(18)14-3-4-21-10(5-14)7-17/h10,17H,3-7H2,1-2H3. The molecule has 1 N–H and O–H groups in total. The summed E-state index contributed by atoms with van der Waals surface area (Å²) in [6.07, 6.45) is -0.377. The average Bonchev–Trinajstić information content (AvgIpc) is 2.73. The Morgan fingerprint density at radius 3 is 2.86 bits per heavy atom. The van der Waals surface area contributed by atoms with Gasteiger partial charge in [0.05, 0.1) is 24.2 Å². The predicted molar refractivity (Wildman–Crippen MR) is 71.8 cm³/mol. The molecule has 21 heavy (non-hydrogen) atoms. The highest BCUT2D eigenvalue weighted by molar-refractivity contribution is 5.76. The van der Waals surface area contributed by atoms with Crippen molar-refractivity contribution >= 4 is 11.6 Å². The number of nitrogens with zero attached hydrogens (tertiary/aromatic N) is 4. The molecule has 1 saturated heterocycles. The van der Waals surface area contributed by atoms with E-state index in [9.17, 15) is 14.9 Å². The minimum Gasteiger partial charge on any atom is -0.394 e. The van der Waals surface area contributed by atoms with Gasteiger partial charge in [-0.2, -0.15) is 5.10 Å². The minimum atomic E-state index is -0.491. The van der Waals surface area contributed by atoms with Gasteiger partial charge in [0.25, 0.3) is 0 Å². The van der Waals surface area contributed by atoms with Crippen molar-refractivity contribution in [2.75, 3.05) is 26.3 Å². The summed E-state index contributed by atoms with van der Waals surface area (Å²) in [5.74, 6) is -0.197. The first kappa shape index (κ1) is 15.4. The Labute approximate surface area is 121 Å². The molecule has 0 aromatic carbocycles. The third-order valence-electron chi connectivity index (χ3n) is 3.51. The van der Waals surface area contributed by atoms with Crippen molar-refractivity contribution in [2.24, 2.45) is 0 Å². The van der Waals surface area contributed by atoms with Crippen molar-refractivity contribution in [1.82, 2.24) is 14.7 Å². The molecule has 1 unspecified atom stereocenters. The summed E-state index contributed by atoms with van der Waals surface area (Å²) in [7, 11) is 0. The first-order valence-electron chi connectivity index (χ1n) is 6.62. The van der Waals surface area contributed by atoms with E-state index in [4.69, 9.17) is 9.84 Å². The summed E-state index contributed by atoms with van der Waals surface area (Å²) in [4.78, 5) is 24.3. The van der Waals surface area contributed by atoms with E-state index >= 15 is 0 Å². The Hall–Kier alpha value is -2.00. The normalized spacial score (nSPS) is 18.8. The molecule has 116 valence electrons. The quantitative estimate of drug-likeness (QED) is 0.599. The van der Waals surface area contributed by atoms with Gasteiger partial charge in [-0.05, 0) is 13.8 Å². The van der Waals surface area contributed by atoms with Crippen LogP contribution in [0.3, 0.4) is 0 Å². The molecule has 1 aromatic heterocycles. The van der Waals surface area contributed by atoms with Crippen LogP contribution in [0.2, 0.25) is 0 Å². The van der Waals surface area contributed by atoms with E-state index in [0.717, 1.165) is 0 Å². The van der Waals surface area contributed by atoms with Crippen molar-refractivity contribution in [3.63, 3.8) is 0 Å². The molecule has 0 spiro atoms. The third-order valence-corrected chi connectivity index (χ3v) is 3.51. The number of carbonyl (C=O) groups excluding carboxylic acids is 1. The molecule has 0 bridgehead atoms. The molecule has 1 aliphatic heterocycles. The SMILES string of the molecule is Cc1nn(CC(=O)N2CCOC(CO)C2)c(C)c1[N+](=O)[O-]. The lowest BCUT2D eigenvalue weighted by Gasteiger charge is -2.32. The molecule has 1 aliphatic rings. The molecule has 1 amide bonds. The summed E-state index contributed by atoms with van der Waals surface area (Å²) in [5, 5.41) is 24.1. The summed E-state index contributed by atoms with van der Waals surface area (Å²) in [5.41, 5.74) is 0.594. The van der Waals surface area contributed by atoms with Crippen molar-refractivity contribution in [2.45, 2.75) is 26.5 Å². The maximum absolute atomic E-state index is 12.2. The molecule has 9 nitrogen and oxygen atoms in total. The molecule has 2 rings (SSSR count). The van der Waals surface area contributed by atoms with Crippen molar-refractivity contribution < 1.29 is 19.6 Å². The fraction of sp³-hybridized carbons (Fsp3) is 0.667. The molecule has 1 fully saturated rings. The van der Waals surface area contributed by atoms with E-state index in [1.54, 1.807) is 18.7 Å². The number of aliphatic hydroxyl groups is 1. The summed E-state index contributed by atoms with van der Waals surface area (Å²) in [6, 6.07) is 0. The van der Waals surface area contributed by atoms with Crippen LogP contribution in [0.5, 0.6) is 0 Å². The molecular formula is C12H18N4O5. The van der Waals surface area contributed by atoms with Crippen LogP contribution in [0.15, 0.2) is 0 Å². The summed E-state index contributed by atoms with van der Waals surface area (Å²) >= 11 is 0. The largest absolute Gasteiger partial charge is 0.394 e. The van der Waals surface area contributed by atoms with E-state index in [2.05, 4.69) is 5.10 Å². The van der Waals surface area contributed by atoms with Crippen molar-refractivity contribution in [1.29, 1.82) is 0 Å². The van der Waals surface area contributed by atoms with Crippen LogP contribution in [0.25, 0.3) is 0 Å². The highest BCUT2D eigenvalue weighted by Crippen LogP contribution is 2.21. The number of morpholine rings is 1. The molecule has 9 heteroatoms. The highest BCUT2D eigenvalue weighted by Gasteiger charge is 2.27. The predicted octanol–water partition coefficient (Wildman–Crippen LogP) is -0.372. The fourth-order valence-corrected chi connectivity index (χ4v) is 2.39. The van der Waals surface area contributed by atoms with E-state index in [0.29, 0.717) is 31.1 Å². The number of amides is 1. The van der Waals surface area contributed by atoms with Crippen LogP contribution >= 0.6 is 0 Å². The number of aliphatic hydroxyl groups excluding tert-OH is 1. The van der Waals surface area contributed by atoms with Gasteiger partial charge in [-0.1, -0.05) is 0 Å². The van der Waals surface area contributed by atoms with Gasteiger partial charge < -0.3 is 14.7 Å². The highest BCUT2D eigenvalue weighted by atomic mass is 16.6. The average molecular weight is 298 g/mol. The second-order valence-corrected chi connectivity index (χ2v) is 4.95. The Morgan fingerprint density at radius 1 is 1.57 bits per heavy atom. The zero-order chi connectivity index (χ0) is 15.6. The van der Waals surface area contributed by atoms with Crippen LogP contribution in [0.1, 0.15) is 11.4 Å². The van der Waals surface area contributed by atoms with Gasteiger partial charge in [-0.3, -0.25) is 19.6 Å². The Balaban J connectivity index is 2.09. The number of rotatable bonds is 4. The molecule has 0 saturated carbocycles. The number of carbonyl (C=O) groups is 1. The van der Waals surface area contributed by atoms with Crippen LogP contribution < -0.4 is 0 Å². The van der Waals surface area contributed by atoms with Crippen LogP contribution in [-0.4, -0.2) is 63.0 Å². The smallest absolute Gasteiger partial charge is 0.312 e. The maximum atomic E-state index is 12.2. The van der Waals surface area contributed by atoms with E-state index in [1.807, 2.05) is 0 Å². The van der Waals surface area contributed by atoms with Gasteiger partial charge in [0, 0.05) is 13.1 Å². The molecular weight excluding hydrogens is 280 g/mol. The third kappa shape index (κ3) is 3.19. The number of nitro groups is 1. The van der Waals surface area contributed by atoms with E-state index < -0.39 is 4.92 Å². The molecule has 2 heterocycles. The first-order valence-corrected chi connectivity index (χ1v) is 6.62. The molecule has 1 aromatic rings. The van der Waals surface area contributed by atoms with Gasteiger partial charge in [-0.15, -0.1) is 0 Å². The van der Waals surface area contributed by atoms with E-state index in [-0.39, 0.29) is 30.9 Å². The zero-order valence-corrected chi connectivity index (χ0v) is 12.0. The number of hydrogen-bond donors (Lipinski definition) is 1. The van der Waals surface area contributed by atoms with Gasteiger partial charge in [0.2, 0.25) is 5.91 Å². The fourth-order valence-electron chi connectivity index (χ4n) is 2.39. The lowest BCUT2D eigenvalue weighted by Crippen LogP contribution is -2.48. The lowest BCUT2D eigenvalue weighted by atomic mass is 10.3.